The summed E-state index contributed by atoms with van der Waals surface area (Å²) in [5.74, 6) is 0.676. The zero-order valence-corrected chi connectivity index (χ0v) is 11.5. The number of para-hydroxylation sites is 1. The lowest BCUT2D eigenvalue weighted by Gasteiger charge is -2.17. The van der Waals surface area contributed by atoms with Crippen molar-refractivity contribution in [2.24, 2.45) is 10.2 Å². The summed E-state index contributed by atoms with van der Waals surface area (Å²) in [5.41, 5.74) is -0.109. The standard InChI is InChI=1S/C13H17N3O3/c1-12(2)8-9-6-5-7-10(11(9)19-12)14-15-13(3,4)16(17)18/h5-7H,8H2,1-4H3. The molecule has 0 unspecified atom stereocenters. The smallest absolute Gasteiger partial charge is 0.324 e. The van der Waals surface area contributed by atoms with Crippen LogP contribution in [-0.2, 0) is 6.42 Å². The molecule has 1 heterocycles. The molecule has 0 saturated carbocycles. The van der Waals surface area contributed by atoms with E-state index in [0.717, 1.165) is 12.0 Å². The molecular formula is C13H17N3O3. The van der Waals surface area contributed by atoms with Gasteiger partial charge < -0.3 is 4.74 Å². The average molecular weight is 263 g/mol. The number of hydrogen-bond donors (Lipinski definition) is 0. The first-order chi connectivity index (χ1) is 8.71. The number of ether oxygens (including phenoxy) is 1. The normalized spacial score (nSPS) is 17.3. The van der Waals surface area contributed by atoms with Crippen molar-refractivity contribution in [3.63, 3.8) is 0 Å². The number of hydrogen-bond acceptors (Lipinski definition) is 5. The van der Waals surface area contributed by atoms with Crippen LogP contribution in [0.15, 0.2) is 28.4 Å². The van der Waals surface area contributed by atoms with E-state index in [0.29, 0.717) is 11.4 Å². The number of rotatable bonds is 3. The van der Waals surface area contributed by atoms with Gasteiger partial charge in [-0.25, -0.2) is 0 Å². The Balaban J connectivity index is 2.32. The molecule has 0 saturated heterocycles. The van der Waals surface area contributed by atoms with Gasteiger partial charge in [-0.15, -0.1) is 10.2 Å². The summed E-state index contributed by atoms with van der Waals surface area (Å²) in [6.07, 6.45) is 0.796. The van der Waals surface area contributed by atoms with Crippen molar-refractivity contribution in [1.29, 1.82) is 0 Å². The Bertz CT molecular complexity index is 550. The van der Waals surface area contributed by atoms with E-state index in [-0.39, 0.29) is 5.60 Å². The zero-order chi connectivity index (χ0) is 14.3. The van der Waals surface area contributed by atoms with Crippen LogP contribution in [0.1, 0.15) is 33.3 Å². The molecule has 6 nitrogen and oxygen atoms in total. The topological polar surface area (TPSA) is 77.1 Å². The molecule has 0 radical (unpaired) electrons. The van der Waals surface area contributed by atoms with Crippen molar-refractivity contribution in [2.75, 3.05) is 0 Å². The quantitative estimate of drug-likeness (QED) is 0.475. The third kappa shape index (κ3) is 2.72. The first-order valence-electron chi connectivity index (χ1n) is 6.10. The Labute approximate surface area is 111 Å². The molecule has 19 heavy (non-hydrogen) atoms. The molecule has 0 aromatic heterocycles. The van der Waals surface area contributed by atoms with E-state index < -0.39 is 10.6 Å². The highest BCUT2D eigenvalue weighted by Crippen LogP contribution is 2.42. The van der Waals surface area contributed by atoms with E-state index >= 15 is 0 Å². The second-order valence-electron chi connectivity index (χ2n) is 5.76. The summed E-state index contributed by atoms with van der Waals surface area (Å²) in [6.45, 7) is 6.80. The maximum Gasteiger partial charge on any atom is 0.324 e. The Morgan fingerprint density at radius 2 is 2.11 bits per heavy atom. The van der Waals surface area contributed by atoms with Gasteiger partial charge in [0.15, 0.2) is 5.75 Å². The first kappa shape index (κ1) is 13.5. The summed E-state index contributed by atoms with van der Waals surface area (Å²) < 4.78 is 5.83. The van der Waals surface area contributed by atoms with Crippen LogP contribution < -0.4 is 4.74 Å². The molecule has 0 N–H and O–H groups in total. The van der Waals surface area contributed by atoms with Gasteiger partial charge in [0.2, 0.25) is 0 Å². The van der Waals surface area contributed by atoms with Crippen molar-refractivity contribution in [2.45, 2.75) is 45.4 Å². The van der Waals surface area contributed by atoms with Gasteiger partial charge in [-0.2, -0.15) is 0 Å². The minimum atomic E-state index is -1.43. The highest BCUT2D eigenvalue weighted by Gasteiger charge is 2.33. The van der Waals surface area contributed by atoms with Crippen molar-refractivity contribution in [1.82, 2.24) is 0 Å². The average Bonchev–Trinajstić information content (AvgIpc) is 2.60. The highest BCUT2D eigenvalue weighted by atomic mass is 16.6. The van der Waals surface area contributed by atoms with Crippen LogP contribution in [0.25, 0.3) is 0 Å². The predicted molar refractivity (Wildman–Crippen MR) is 70.4 cm³/mol. The van der Waals surface area contributed by atoms with Gasteiger partial charge in [0.1, 0.15) is 11.3 Å². The first-order valence-corrected chi connectivity index (χ1v) is 6.10. The molecule has 0 spiro atoms. The van der Waals surface area contributed by atoms with Gasteiger partial charge in [0.25, 0.3) is 0 Å². The van der Waals surface area contributed by atoms with Gasteiger partial charge in [0, 0.05) is 25.8 Å². The molecule has 0 aliphatic carbocycles. The van der Waals surface area contributed by atoms with Gasteiger partial charge in [-0.05, 0) is 19.9 Å². The van der Waals surface area contributed by atoms with Crippen LogP contribution in [0.4, 0.5) is 5.69 Å². The highest BCUT2D eigenvalue weighted by molar-refractivity contribution is 5.58. The van der Waals surface area contributed by atoms with E-state index in [4.69, 9.17) is 4.74 Å². The lowest BCUT2D eigenvalue weighted by molar-refractivity contribution is -0.559. The van der Waals surface area contributed by atoms with Crippen molar-refractivity contribution in [3.05, 3.63) is 33.9 Å². The van der Waals surface area contributed by atoms with Gasteiger partial charge in [0.05, 0.1) is 4.92 Å². The molecular weight excluding hydrogens is 246 g/mol. The molecule has 2 rings (SSSR count). The maximum absolute atomic E-state index is 10.8. The van der Waals surface area contributed by atoms with E-state index in [1.807, 2.05) is 26.0 Å². The van der Waals surface area contributed by atoms with Crippen molar-refractivity contribution in [3.8, 4) is 5.75 Å². The molecule has 0 bridgehead atoms. The lowest BCUT2D eigenvalue weighted by atomic mass is 10.0. The summed E-state index contributed by atoms with van der Waals surface area (Å²) in [5, 5.41) is 18.6. The molecule has 0 amide bonds. The molecule has 1 aliphatic heterocycles. The number of nitrogens with zero attached hydrogens (tertiary/aromatic N) is 3. The predicted octanol–water partition coefficient (Wildman–Crippen LogP) is 3.50. The van der Waals surface area contributed by atoms with Crippen molar-refractivity contribution < 1.29 is 9.66 Å². The Kier molecular flexibility index (Phi) is 3.04. The summed E-state index contributed by atoms with van der Waals surface area (Å²) in [7, 11) is 0. The third-order valence-corrected chi connectivity index (χ3v) is 2.92. The molecule has 0 atom stereocenters. The van der Waals surface area contributed by atoms with E-state index in [9.17, 15) is 10.1 Å². The van der Waals surface area contributed by atoms with Gasteiger partial charge >= 0.3 is 5.66 Å². The number of nitro groups is 1. The molecule has 1 aliphatic rings. The minimum Gasteiger partial charge on any atom is -0.485 e. The fraction of sp³-hybridized carbons (Fsp3) is 0.538. The Hall–Kier alpha value is -1.98. The zero-order valence-electron chi connectivity index (χ0n) is 11.5. The number of fused-ring (bicyclic) bond motifs is 1. The monoisotopic (exact) mass is 263 g/mol. The van der Waals surface area contributed by atoms with Crippen LogP contribution in [0.5, 0.6) is 5.75 Å². The number of azo groups is 1. The minimum absolute atomic E-state index is 0.271. The van der Waals surface area contributed by atoms with Crippen molar-refractivity contribution >= 4 is 5.69 Å². The molecule has 102 valence electrons. The van der Waals surface area contributed by atoms with E-state index in [2.05, 4.69) is 10.2 Å². The molecule has 1 aromatic carbocycles. The van der Waals surface area contributed by atoms with Crippen LogP contribution in [0.2, 0.25) is 0 Å². The maximum atomic E-state index is 10.8. The van der Waals surface area contributed by atoms with Gasteiger partial charge in [-0.3, -0.25) is 10.1 Å². The summed E-state index contributed by atoms with van der Waals surface area (Å²) in [4.78, 5) is 10.3. The second-order valence-corrected chi connectivity index (χ2v) is 5.76. The van der Waals surface area contributed by atoms with E-state index in [1.165, 1.54) is 13.8 Å². The summed E-state index contributed by atoms with van der Waals surface area (Å²) >= 11 is 0. The van der Waals surface area contributed by atoms with E-state index in [1.54, 1.807) is 6.07 Å². The third-order valence-electron chi connectivity index (χ3n) is 2.92. The molecule has 6 heteroatoms. The van der Waals surface area contributed by atoms with Crippen LogP contribution in [0.3, 0.4) is 0 Å². The van der Waals surface area contributed by atoms with Crippen LogP contribution >= 0.6 is 0 Å². The van der Waals surface area contributed by atoms with Crippen LogP contribution in [-0.4, -0.2) is 16.2 Å². The van der Waals surface area contributed by atoms with Gasteiger partial charge in [-0.1, -0.05) is 12.1 Å². The lowest BCUT2D eigenvalue weighted by Crippen LogP contribution is -2.27. The fourth-order valence-corrected chi connectivity index (χ4v) is 1.89. The SMILES string of the molecule is CC1(C)Cc2cccc(N=NC(C)(C)[N+](=O)[O-])c2O1. The fourth-order valence-electron chi connectivity index (χ4n) is 1.89. The summed E-state index contributed by atoms with van der Waals surface area (Å²) in [6, 6.07) is 5.58. The second kappa shape index (κ2) is 4.29. The molecule has 1 aromatic rings. The largest absolute Gasteiger partial charge is 0.485 e. The molecule has 0 fully saturated rings. The Morgan fingerprint density at radius 1 is 1.42 bits per heavy atom. The van der Waals surface area contributed by atoms with Crippen LogP contribution in [0, 0.1) is 10.1 Å². The number of benzene rings is 1. The Morgan fingerprint density at radius 3 is 2.74 bits per heavy atom.